The van der Waals surface area contributed by atoms with Crippen molar-refractivity contribution in [3.63, 3.8) is 0 Å². The predicted octanol–water partition coefficient (Wildman–Crippen LogP) is 3.03. The van der Waals surface area contributed by atoms with Gasteiger partial charge in [0.1, 0.15) is 11.9 Å². The smallest absolute Gasteiger partial charge is 0.497 e. The monoisotopic (exact) mass is 420 g/mol. The van der Waals surface area contributed by atoms with Crippen molar-refractivity contribution in [1.29, 1.82) is 0 Å². The molecule has 0 saturated carbocycles. The lowest BCUT2D eigenvalue weighted by atomic mass is 10.1. The van der Waals surface area contributed by atoms with Crippen LogP contribution in [-0.4, -0.2) is 75.6 Å². The summed E-state index contributed by atoms with van der Waals surface area (Å²) in [5.74, 6) is 0.630. The zero-order chi connectivity index (χ0) is 21.5. The number of hydrogen-bond acceptors (Lipinski definition) is 8. The number of nitrogens with zero attached hydrogens (tertiary/aromatic N) is 2. The predicted molar refractivity (Wildman–Crippen MR) is 109 cm³/mol. The standard InChI is InChI=1S/C21H28N2O7/c1-22(2)9-6-15-13-23(19-12-17(26-3)4-5-18(15)19)20(24)28-14-29-21(25)30-16-7-10-27-11-8-16/h4-5,12-13,16H,6-11,14H2,1-3H3. The maximum Gasteiger partial charge on any atom is 0.511 e. The van der Waals surface area contributed by atoms with Crippen LogP contribution in [0.5, 0.6) is 5.75 Å². The molecule has 9 heteroatoms. The number of benzene rings is 1. The molecule has 0 amide bonds. The molecule has 3 rings (SSSR count). The fraction of sp³-hybridized carbons (Fsp3) is 0.524. The zero-order valence-corrected chi connectivity index (χ0v) is 17.6. The summed E-state index contributed by atoms with van der Waals surface area (Å²) in [4.78, 5) is 26.5. The molecule has 0 N–H and O–H groups in total. The van der Waals surface area contributed by atoms with Gasteiger partial charge in [-0.15, -0.1) is 0 Å². The third-order valence-electron chi connectivity index (χ3n) is 4.91. The maximum absolute atomic E-state index is 12.6. The second kappa shape index (κ2) is 10.3. The average molecular weight is 420 g/mol. The van der Waals surface area contributed by atoms with Crippen LogP contribution in [0.3, 0.4) is 0 Å². The summed E-state index contributed by atoms with van der Waals surface area (Å²) in [6.07, 6.45) is 2.02. The molecule has 0 spiro atoms. The first-order valence-corrected chi connectivity index (χ1v) is 9.89. The first-order chi connectivity index (χ1) is 14.5. The first kappa shape index (κ1) is 21.9. The molecule has 1 saturated heterocycles. The summed E-state index contributed by atoms with van der Waals surface area (Å²) < 4.78 is 27.1. The van der Waals surface area contributed by atoms with E-state index >= 15 is 0 Å². The molecule has 0 bridgehead atoms. The van der Waals surface area contributed by atoms with E-state index < -0.39 is 19.0 Å². The number of fused-ring (bicyclic) bond motifs is 1. The van der Waals surface area contributed by atoms with Crippen molar-refractivity contribution in [1.82, 2.24) is 9.47 Å². The topological polar surface area (TPSA) is 88.5 Å². The summed E-state index contributed by atoms with van der Waals surface area (Å²) in [5.41, 5.74) is 1.68. The highest BCUT2D eigenvalue weighted by molar-refractivity contribution is 5.92. The van der Waals surface area contributed by atoms with E-state index in [1.807, 2.05) is 26.2 Å². The Morgan fingerprint density at radius 3 is 2.67 bits per heavy atom. The van der Waals surface area contributed by atoms with Gasteiger partial charge in [-0.25, -0.2) is 9.59 Å². The number of aromatic nitrogens is 1. The zero-order valence-electron chi connectivity index (χ0n) is 17.6. The van der Waals surface area contributed by atoms with Crippen molar-refractivity contribution >= 4 is 23.2 Å². The lowest BCUT2D eigenvalue weighted by molar-refractivity contribution is -0.0530. The lowest BCUT2D eigenvalue weighted by Crippen LogP contribution is -2.27. The Bertz CT molecular complexity index is 872. The van der Waals surface area contributed by atoms with E-state index in [9.17, 15) is 9.59 Å². The molecule has 1 aliphatic rings. The van der Waals surface area contributed by atoms with Crippen LogP contribution in [0.4, 0.5) is 9.59 Å². The Balaban J connectivity index is 1.63. The summed E-state index contributed by atoms with van der Waals surface area (Å²) in [5, 5.41) is 0.939. The molecule has 30 heavy (non-hydrogen) atoms. The molecule has 0 radical (unpaired) electrons. The Labute approximate surface area is 175 Å². The molecule has 1 fully saturated rings. The third kappa shape index (κ3) is 5.64. The summed E-state index contributed by atoms with van der Waals surface area (Å²) in [6.45, 7) is 1.40. The molecular weight excluding hydrogens is 392 g/mol. The number of hydrogen-bond donors (Lipinski definition) is 0. The third-order valence-corrected chi connectivity index (χ3v) is 4.91. The number of likely N-dealkylation sites (N-methyl/N-ethyl adjacent to an activating group) is 1. The van der Waals surface area contributed by atoms with Gasteiger partial charge in [0.05, 0.1) is 25.8 Å². The minimum atomic E-state index is -0.861. The Morgan fingerprint density at radius 2 is 1.97 bits per heavy atom. The van der Waals surface area contributed by atoms with Crippen molar-refractivity contribution in [2.24, 2.45) is 0 Å². The van der Waals surface area contributed by atoms with Gasteiger partial charge in [0, 0.05) is 37.0 Å². The minimum Gasteiger partial charge on any atom is -0.497 e. The highest BCUT2D eigenvalue weighted by atomic mass is 16.8. The van der Waals surface area contributed by atoms with Crippen molar-refractivity contribution in [3.8, 4) is 5.75 Å². The molecule has 0 aliphatic carbocycles. The quantitative estimate of drug-likeness (QED) is 0.499. The fourth-order valence-electron chi connectivity index (χ4n) is 3.26. The average Bonchev–Trinajstić information content (AvgIpc) is 3.10. The number of carbonyl (C=O) groups excluding carboxylic acids is 2. The van der Waals surface area contributed by atoms with Crippen LogP contribution in [0.25, 0.3) is 10.9 Å². The molecule has 1 aromatic heterocycles. The van der Waals surface area contributed by atoms with Crippen LogP contribution in [0.2, 0.25) is 0 Å². The van der Waals surface area contributed by atoms with Gasteiger partial charge in [-0.05, 0) is 38.2 Å². The van der Waals surface area contributed by atoms with Crippen LogP contribution >= 0.6 is 0 Å². The van der Waals surface area contributed by atoms with Crippen molar-refractivity contribution in [3.05, 3.63) is 30.0 Å². The second-order valence-corrected chi connectivity index (χ2v) is 7.31. The SMILES string of the molecule is COc1ccc2c(CCN(C)C)cn(C(=O)OCOC(=O)OC3CCOCC3)c2c1. The van der Waals surface area contributed by atoms with Gasteiger partial charge in [-0.3, -0.25) is 4.57 Å². The van der Waals surface area contributed by atoms with Crippen LogP contribution in [0.1, 0.15) is 18.4 Å². The number of carbonyl (C=O) groups is 2. The largest absolute Gasteiger partial charge is 0.511 e. The van der Waals surface area contributed by atoms with E-state index in [2.05, 4.69) is 4.90 Å². The van der Waals surface area contributed by atoms with Crippen LogP contribution in [0, 0.1) is 0 Å². The van der Waals surface area contributed by atoms with Gasteiger partial charge >= 0.3 is 12.2 Å². The van der Waals surface area contributed by atoms with Gasteiger partial charge in [0.25, 0.3) is 0 Å². The van der Waals surface area contributed by atoms with Gasteiger partial charge in [-0.1, -0.05) is 0 Å². The highest BCUT2D eigenvalue weighted by Gasteiger charge is 2.20. The number of methoxy groups -OCH3 is 1. The van der Waals surface area contributed by atoms with Crippen molar-refractivity contribution < 1.29 is 33.3 Å². The van der Waals surface area contributed by atoms with E-state index in [0.717, 1.165) is 23.9 Å². The molecule has 164 valence electrons. The van der Waals surface area contributed by atoms with E-state index in [1.165, 1.54) is 4.57 Å². The summed E-state index contributed by atoms with van der Waals surface area (Å²) >= 11 is 0. The van der Waals surface area contributed by atoms with E-state index in [-0.39, 0.29) is 6.10 Å². The minimum absolute atomic E-state index is 0.234. The van der Waals surface area contributed by atoms with Gasteiger partial charge in [-0.2, -0.15) is 0 Å². The number of ether oxygens (including phenoxy) is 5. The van der Waals surface area contributed by atoms with Crippen molar-refractivity contribution in [2.45, 2.75) is 25.4 Å². The number of rotatable bonds is 7. The van der Waals surface area contributed by atoms with Crippen LogP contribution in [-0.2, 0) is 25.4 Å². The highest BCUT2D eigenvalue weighted by Crippen LogP contribution is 2.26. The molecule has 2 aromatic rings. The van der Waals surface area contributed by atoms with E-state index in [1.54, 1.807) is 19.4 Å². The van der Waals surface area contributed by atoms with Gasteiger partial charge < -0.3 is 28.6 Å². The first-order valence-electron chi connectivity index (χ1n) is 9.89. The molecule has 0 unspecified atom stereocenters. The second-order valence-electron chi connectivity index (χ2n) is 7.31. The van der Waals surface area contributed by atoms with Gasteiger partial charge in [0.2, 0.25) is 6.79 Å². The normalized spacial score (nSPS) is 14.7. The molecule has 9 nitrogen and oxygen atoms in total. The summed E-state index contributed by atoms with van der Waals surface area (Å²) in [6, 6.07) is 5.55. The van der Waals surface area contributed by atoms with Crippen LogP contribution < -0.4 is 4.74 Å². The lowest BCUT2D eigenvalue weighted by Gasteiger charge is -2.21. The van der Waals surface area contributed by atoms with Gasteiger partial charge in [0.15, 0.2) is 0 Å². The van der Waals surface area contributed by atoms with Crippen molar-refractivity contribution in [2.75, 3.05) is 47.8 Å². The van der Waals surface area contributed by atoms with E-state index in [4.69, 9.17) is 23.7 Å². The molecule has 1 aromatic carbocycles. The van der Waals surface area contributed by atoms with Crippen LogP contribution in [0.15, 0.2) is 24.4 Å². The fourth-order valence-corrected chi connectivity index (χ4v) is 3.26. The molecule has 2 heterocycles. The maximum atomic E-state index is 12.6. The molecule has 0 atom stereocenters. The van der Waals surface area contributed by atoms with E-state index in [0.29, 0.717) is 37.3 Å². The Hall–Kier alpha value is -2.78. The molecular formula is C21H28N2O7. The molecule has 1 aliphatic heterocycles. The Kier molecular flexibility index (Phi) is 7.53. The Morgan fingerprint density at radius 1 is 1.20 bits per heavy atom. The summed E-state index contributed by atoms with van der Waals surface area (Å²) in [7, 11) is 5.55.